The second-order valence-corrected chi connectivity index (χ2v) is 6.70. The van der Waals surface area contributed by atoms with Gasteiger partial charge in [0.15, 0.2) is 17.5 Å². The lowest BCUT2D eigenvalue weighted by Gasteiger charge is -2.34. The Balaban J connectivity index is 2.44. The van der Waals surface area contributed by atoms with Crippen molar-refractivity contribution < 1.29 is 64.9 Å². The van der Waals surface area contributed by atoms with Crippen molar-refractivity contribution in [2.75, 3.05) is 0 Å². The second-order valence-electron chi connectivity index (χ2n) is 6.70. The number of aromatic carboxylic acids is 1. The number of fused-ring (bicyclic) bond motifs is 3. The molecule has 2 heterocycles. The number of halogens is 6. The Morgan fingerprint density at radius 1 is 0.848 bits per heavy atom. The minimum Gasteiger partial charge on any atom is -0.478 e. The Morgan fingerprint density at radius 2 is 1.45 bits per heavy atom. The molecule has 6 bridgehead atoms. The van der Waals surface area contributed by atoms with Crippen LogP contribution in [-0.4, -0.2) is 41.1 Å². The van der Waals surface area contributed by atoms with Crippen molar-refractivity contribution in [1.29, 1.82) is 0 Å². The first-order chi connectivity index (χ1) is 15.3. The van der Waals surface area contributed by atoms with Crippen LogP contribution >= 0.6 is 0 Å². The highest BCUT2D eigenvalue weighted by Crippen LogP contribution is 2.53. The molecule has 2 aromatic carbocycles. The summed E-state index contributed by atoms with van der Waals surface area (Å²) in [5, 5.41) is 9.53. The average molecular weight is 474 g/mol. The molecule has 0 spiro atoms. The Hall–Kier alpha value is -4.23. The van der Waals surface area contributed by atoms with Crippen molar-refractivity contribution in [2.24, 2.45) is 0 Å². The monoisotopic (exact) mass is 474 g/mol. The highest BCUT2D eigenvalue weighted by atomic mass is 19.4. The molecule has 1 N–H and O–H groups in total. The van der Waals surface area contributed by atoms with E-state index in [4.69, 9.17) is 0 Å². The van der Waals surface area contributed by atoms with Crippen LogP contribution in [0.15, 0.2) is 18.2 Å². The maximum absolute atomic E-state index is 15.0. The molecule has 4 rings (SSSR count). The zero-order valence-corrected chi connectivity index (χ0v) is 15.3. The van der Waals surface area contributed by atoms with Gasteiger partial charge in [0.05, 0.1) is 16.7 Å². The number of carboxylic acids is 1. The van der Waals surface area contributed by atoms with Crippen LogP contribution in [0.5, 0.6) is 0 Å². The molecule has 0 fully saturated rings. The number of carboxylic acid groups (broad SMARTS) is 1. The van der Waals surface area contributed by atoms with E-state index in [0.717, 1.165) is 0 Å². The fourth-order valence-corrected chi connectivity index (χ4v) is 3.83. The van der Waals surface area contributed by atoms with Gasteiger partial charge in [0.25, 0.3) is 0 Å². The number of rotatable bonds is 1. The third-order valence-corrected chi connectivity index (χ3v) is 5.11. The van der Waals surface area contributed by atoms with Gasteiger partial charge >= 0.3 is 36.0 Å². The summed E-state index contributed by atoms with van der Waals surface area (Å²) in [5.74, 6) is -19.5. The molecule has 14 heteroatoms. The zero-order chi connectivity index (χ0) is 24.6. The Kier molecular flexibility index (Phi) is 4.42. The lowest BCUT2D eigenvalue weighted by atomic mass is 9.69. The molecule has 0 saturated heterocycles. The third-order valence-electron chi connectivity index (χ3n) is 5.11. The van der Waals surface area contributed by atoms with Crippen molar-refractivity contribution in [2.45, 2.75) is 11.6 Å². The van der Waals surface area contributed by atoms with Crippen LogP contribution in [0.4, 0.5) is 26.3 Å². The van der Waals surface area contributed by atoms with E-state index in [9.17, 15) is 55.4 Å². The van der Waals surface area contributed by atoms with E-state index in [1.807, 2.05) is 0 Å². The minimum absolute atomic E-state index is 0.310. The Labute approximate surface area is 176 Å². The molecule has 0 aliphatic carbocycles. The second kappa shape index (κ2) is 6.63. The molecule has 0 aromatic heterocycles. The topological polar surface area (TPSA) is 124 Å². The number of ether oxygens (including phenoxy) is 2. The minimum atomic E-state index is -6.14. The fraction of sp³-hybridized carbons (Fsp3) is 0.105. The van der Waals surface area contributed by atoms with Crippen molar-refractivity contribution in [1.82, 2.24) is 0 Å². The Bertz CT molecular complexity index is 1350. The summed E-state index contributed by atoms with van der Waals surface area (Å²) in [6.45, 7) is 0. The molecule has 1 atom stereocenters. The summed E-state index contributed by atoms with van der Waals surface area (Å²) < 4.78 is 96.0. The molecule has 33 heavy (non-hydrogen) atoms. The van der Waals surface area contributed by atoms with Gasteiger partial charge in [-0.3, -0.25) is 0 Å². The quantitative estimate of drug-likeness (QED) is 0.290. The maximum Gasteiger partial charge on any atom is 0.413 e. The molecular weight excluding hydrogens is 470 g/mol. The van der Waals surface area contributed by atoms with Gasteiger partial charge in [-0.25, -0.2) is 37.1 Å². The highest BCUT2D eigenvalue weighted by Gasteiger charge is 2.70. The number of benzene rings is 2. The predicted molar refractivity (Wildman–Crippen MR) is 86.7 cm³/mol. The summed E-state index contributed by atoms with van der Waals surface area (Å²) in [5.41, 5.74) is -15.4. The van der Waals surface area contributed by atoms with E-state index >= 15 is 0 Å². The largest absolute Gasteiger partial charge is 0.478 e. The van der Waals surface area contributed by atoms with E-state index < -0.39 is 92.3 Å². The molecular formula is C19H4F6O8. The zero-order valence-electron chi connectivity index (χ0n) is 15.3. The van der Waals surface area contributed by atoms with E-state index in [1.54, 1.807) is 0 Å². The molecule has 2 aromatic rings. The third kappa shape index (κ3) is 2.57. The van der Waals surface area contributed by atoms with E-state index in [2.05, 4.69) is 9.47 Å². The predicted octanol–water partition coefficient (Wildman–Crippen LogP) is 2.66. The van der Waals surface area contributed by atoms with Gasteiger partial charge < -0.3 is 14.6 Å². The summed E-state index contributed by atoms with van der Waals surface area (Å²) in [6, 6.07) is 1.55. The van der Waals surface area contributed by atoms with Crippen LogP contribution in [0.3, 0.4) is 0 Å². The smallest absolute Gasteiger partial charge is 0.413 e. The van der Waals surface area contributed by atoms with Crippen LogP contribution in [-0.2, 0) is 19.7 Å². The Morgan fingerprint density at radius 3 is 2.03 bits per heavy atom. The van der Waals surface area contributed by atoms with Gasteiger partial charge in [-0.05, 0) is 11.6 Å². The molecule has 170 valence electrons. The van der Waals surface area contributed by atoms with Gasteiger partial charge in [-0.2, -0.15) is 13.2 Å². The number of hydrogen-bond acceptors (Lipinski definition) is 7. The first-order valence-corrected chi connectivity index (χ1v) is 8.44. The summed E-state index contributed by atoms with van der Waals surface area (Å²) >= 11 is 0. The molecule has 0 amide bonds. The van der Waals surface area contributed by atoms with Crippen LogP contribution in [0, 0.1) is 17.5 Å². The molecule has 2 aliphatic heterocycles. The standard InChI is InChI=1S/C19H4F6O8/c20-10-8-7-9(11(21)12(10)22)18(19(23,24)25,17(31)33-16(8)30)5-3-1-2-4(6(5)13(26)27)14(28)32-15(7)29/h1-3H,(H,26,27). The number of alkyl halides is 3. The van der Waals surface area contributed by atoms with E-state index in [0.29, 0.717) is 18.2 Å². The molecule has 1 unspecified atom stereocenters. The number of esters is 4. The van der Waals surface area contributed by atoms with Crippen molar-refractivity contribution in [3.8, 4) is 0 Å². The lowest BCUT2D eigenvalue weighted by molar-refractivity contribution is -0.196. The van der Waals surface area contributed by atoms with Crippen molar-refractivity contribution in [3.63, 3.8) is 0 Å². The van der Waals surface area contributed by atoms with Gasteiger partial charge in [0, 0.05) is 5.56 Å². The van der Waals surface area contributed by atoms with Gasteiger partial charge in [0.1, 0.15) is 5.56 Å². The van der Waals surface area contributed by atoms with Gasteiger partial charge in [-0.1, -0.05) is 12.1 Å². The molecule has 2 aliphatic rings. The van der Waals surface area contributed by atoms with Crippen LogP contribution in [0.2, 0.25) is 0 Å². The summed E-state index contributed by atoms with van der Waals surface area (Å²) in [6.07, 6.45) is -6.14. The number of carbonyl (C=O) groups is 5. The number of cyclic esters (lactones) is 4. The van der Waals surface area contributed by atoms with Gasteiger partial charge in [-0.15, -0.1) is 0 Å². The van der Waals surface area contributed by atoms with E-state index in [1.165, 1.54) is 0 Å². The van der Waals surface area contributed by atoms with Crippen LogP contribution < -0.4 is 0 Å². The van der Waals surface area contributed by atoms with Crippen LogP contribution in [0.1, 0.15) is 52.6 Å². The number of carbonyl (C=O) groups excluding carboxylic acids is 4. The normalized spacial score (nSPS) is 19.7. The van der Waals surface area contributed by atoms with Crippen molar-refractivity contribution >= 4 is 29.8 Å². The maximum atomic E-state index is 15.0. The first-order valence-electron chi connectivity index (χ1n) is 8.44. The van der Waals surface area contributed by atoms with Crippen molar-refractivity contribution in [3.05, 3.63) is 69.0 Å². The molecule has 0 saturated carbocycles. The fourth-order valence-electron chi connectivity index (χ4n) is 3.83. The first kappa shape index (κ1) is 22.0. The van der Waals surface area contributed by atoms with Crippen LogP contribution in [0.25, 0.3) is 0 Å². The molecule has 0 radical (unpaired) electrons. The average Bonchev–Trinajstić information content (AvgIpc) is 2.79. The van der Waals surface area contributed by atoms with Gasteiger partial charge in [0.2, 0.25) is 5.41 Å². The summed E-state index contributed by atoms with van der Waals surface area (Å²) in [7, 11) is 0. The SMILES string of the molecule is O=C1OC(=O)c2c3c(F)c(F)c(F)c2C(C(F)(F)F)(C(=O)OC3=O)c2cccc1c2C(=O)O. The van der Waals surface area contributed by atoms with E-state index in [-0.39, 0.29) is 0 Å². The highest BCUT2D eigenvalue weighted by molar-refractivity contribution is 6.17. The summed E-state index contributed by atoms with van der Waals surface area (Å²) in [4.78, 5) is 61.8. The number of hydrogen-bond donors (Lipinski definition) is 1. The lowest BCUT2D eigenvalue weighted by Crippen LogP contribution is -2.52. The molecule has 8 nitrogen and oxygen atoms in total.